The molecule has 0 aliphatic heterocycles. The van der Waals surface area contributed by atoms with Crippen LogP contribution < -0.4 is 5.32 Å². The molecule has 0 unspecified atom stereocenters. The minimum Gasteiger partial charge on any atom is -0.379 e. The average molecular weight is 305 g/mol. The number of nitrogens with zero attached hydrogens (tertiary/aromatic N) is 1. The number of anilines is 1. The molecule has 0 heterocycles. The fourth-order valence-electron chi connectivity index (χ4n) is 1.24. The van der Waals surface area contributed by atoms with Crippen molar-refractivity contribution in [3.8, 4) is 0 Å². The van der Waals surface area contributed by atoms with Crippen molar-refractivity contribution in [3.63, 3.8) is 0 Å². The zero-order valence-electron chi connectivity index (χ0n) is 8.90. The second-order valence-electron chi connectivity index (χ2n) is 3.19. The van der Waals surface area contributed by atoms with E-state index in [0.717, 1.165) is 18.7 Å². The van der Waals surface area contributed by atoms with E-state index in [4.69, 9.17) is 0 Å². The van der Waals surface area contributed by atoms with Crippen LogP contribution in [0.5, 0.6) is 0 Å². The standard InChI is InChI=1S/C10H13BrN2O2S/c1-16-6-2-5-12-9-4-3-8(11)7-10(9)13(14)15/h3-4,7,12H,2,5-6H2,1H3. The minimum absolute atomic E-state index is 0.110. The molecule has 0 bridgehead atoms. The normalized spacial score (nSPS) is 10.1. The molecule has 6 heteroatoms. The first-order valence-corrected chi connectivity index (χ1v) is 7.00. The van der Waals surface area contributed by atoms with Crippen molar-refractivity contribution < 1.29 is 4.92 Å². The molecule has 1 rings (SSSR count). The first-order valence-electron chi connectivity index (χ1n) is 4.82. The number of nitro benzene ring substituents is 1. The molecule has 0 saturated heterocycles. The highest BCUT2D eigenvalue weighted by molar-refractivity contribution is 9.10. The molecule has 1 aromatic carbocycles. The summed E-state index contributed by atoms with van der Waals surface area (Å²) in [6.07, 6.45) is 3.04. The highest BCUT2D eigenvalue weighted by Gasteiger charge is 2.13. The second kappa shape index (κ2) is 6.75. The fourth-order valence-corrected chi connectivity index (χ4v) is 2.03. The summed E-state index contributed by atoms with van der Waals surface area (Å²) in [7, 11) is 0. The van der Waals surface area contributed by atoms with E-state index >= 15 is 0 Å². The van der Waals surface area contributed by atoms with E-state index in [1.165, 1.54) is 6.07 Å². The summed E-state index contributed by atoms with van der Waals surface area (Å²) in [5, 5.41) is 13.9. The third kappa shape index (κ3) is 4.02. The lowest BCUT2D eigenvalue weighted by Gasteiger charge is -2.06. The van der Waals surface area contributed by atoms with Crippen LogP contribution in [-0.2, 0) is 0 Å². The van der Waals surface area contributed by atoms with E-state index < -0.39 is 0 Å². The topological polar surface area (TPSA) is 55.2 Å². The Morgan fingerprint density at radius 1 is 1.56 bits per heavy atom. The van der Waals surface area contributed by atoms with Gasteiger partial charge in [0.05, 0.1) is 4.92 Å². The van der Waals surface area contributed by atoms with Gasteiger partial charge >= 0.3 is 0 Å². The third-order valence-corrected chi connectivity index (χ3v) is 3.19. The molecule has 0 amide bonds. The van der Waals surface area contributed by atoms with E-state index in [1.807, 2.05) is 6.26 Å². The maximum atomic E-state index is 10.8. The molecule has 0 fully saturated rings. The molecule has 16 heavy (non-hydrogen) atoms. The molecule has 0 aliphatic carbocycles. The van der Waals surface area contributed by atoms with Crippen LogP contribution in [0.25, 0.3) is 0 Å². The Hall–Kier alpha value is -0.750. The molecule has 88 valence electrons. The Labute approximate surface area is 107 Å². The summed E-state index contributed by atoms with van der Waals surface area (Å²) in [6.45, 7) is 0.753. The summed E-state index contributed by atoms with van der Waals surface area (Å²) >= 11 is 4.99. The number of hydrogen-bond donors (Lipinski definition) is 1. The van der Waals surface area contributed by atoms with Crippen LogP contribution in [-0.4, -0.2) is 23.5 Å². The number of nitrogens with one attached hydrogen (secondary N) is 1. The molecule has 0 spiro atoms. The number of nitro groups is 1. The van der Waals surface area contributed by atoms with Crippen molar-refractivity contribution in [2.45, 2.75) is 6.42 Å². The summed E-state index contributed by atoms with van der Waals surface area (Å²) < 4.78 is 0.717. The quantitative estimate of drug-likeness (QED) is 0.496. The molecule has 4 nitrogen and oxygen atoms in total. The fraction of sp³-hybridized carbons (Fsp3) is 0.400. The number of benzene rings is 1. The maximum Gasteiger partial charge on any atom is 0.293 e. The van der Waals surface area contributed by atoms with Gasteiger partial charge in [0, 0.05) is 17.1 Å². The van der Waals surface area contributed by atoms with Crippen molar-refractivity contribution in [3.05, 3.63) is 32.8 Å². The number of rotatable bonds is 6. The first kappa shape index (κ1) is 13.3. The van der Waals surface area contributed by atoms with Crippen molar-refractivity contribution in [1.82, 2.24) is 0 Å². The van der Waals surface area contributed by atoms with Crippen LogP contribution in [0.2, 0.25) is 0 Å². The van der Waals surface area contributed by atoms with E-state index in [0.29, 0.717) is 10.2 Å². The predicted molar refractivity (Wildman–Crippen MR) is 72.3 cm³/mol. The summed E-state index contributed by atoms with van der Waals surface area (Å²) in [6, 6.07) is 5.03. The van der Waals surface area contributed by atoms with Gasteiger partial charge in [-0.1, -0.05) is 15.9 Å². The number of hydrogen-bond acceptors (Lipinski definition) is 4. The zero-order valence-corrected chi connectivity index (χ0v) is 11.3. The second-order valence-corrected chi connectivity index (χ2v) is 5.09. The van der Waals surface area contributed by atoms with Gasteiger partial charge in [0.1, 0.15) is 5.69 Å². The third-order valence-electron chi connectivity index (χ3n) is 2.00. The van der Waals surface area contributed by atoms with Gasteiger partial charge < -0.3 is 5.32 Å². The molecule has 1 aromatic rings. The molecule has 0 saturated carbocycles. The molecular formula is C10H13BrN2O2S. The highest BCUT2D eigenvalue weighted by Crippen LogP contribution is 2.27. The van der Waals surface area contributed by atoms with Crippen molar-refractivity contribution >= 4 is 39.1 Å². The van der Waals surface area contributed by atoms with Crippen molar-refractivity contribution in [2.75, 3.05) is 23.9 Å². The molecule has 1 N–H and O–H groups in total. The van der Waals surface area contributed by atoms with E-state index in [9.17, 15) is 10.1 Å². The van der Waals surface area contributed by atoms with Crippen LogP contribution in [0.3, 0.4) is 0 Å². The lowest BCUT2D eigenvalue weighted by Crippen LogP contribution is -2.05. The van der Waals surface area contributed by atoms with E-state index in [2.05, 4.69) is 21.2 Å². The Kier molecular flexibility index (Phi) is 5.62. The predicted octanol–water partition coefficient (Wildman–Crippen LogP) is 3.52. The molecule has 0 radical (unpaired) electrons. The van der Waals surface area contributed by atoms with Crippen molar-refractivity contribution in [2.24, 2.45) is 0 Å². The van der Waals surface area contributed by atoms with E-state index in [-0.39, 0.29) is 10.6 Å². The van der Waals surface area contributed by atoms with Crippen LogP contribution in [0.15, 0.2) is 22.7 Å². The van der Waals surface area contributed by atoms with Crippen LogP contribution >= 0.6 is 27.7 Å². The monoisotopic (exact) mass is 304 g/mol. The number of halogens is 1. The van der Waals surface area contributed by atoms with Gasteiger partial charge in [-0.2, -0.15) is 11.8 Å². The van der Waals surface area contributed by atoms with E-state index in [1.54, 1.807) is 23.9 Å². The number of thioether (sulfide) groups is 1. The summed E-state index contributed by atoms with van der Waals surface area (Å²) in [4.78, 5) is 10.4. The highest BCUT2D eigenvalue weighted by atomic mass is 79.9. The van der Waals surface area contributed by atoms with Crippen LogP contribution in [0, 0.1) is 10.1 Å². The summed E-state index contributed by atoms with van der Waals surface area (Å²) in [5.41, 5.74) is 0.688. The maximum absolute atomic E-state index is 10.8. The van der Waals surface area contributed by atoms with Gasteiger partial charge in [0.15, 0.2) is 0 Å². The van der Waals surface area contributed by atoms with Gasteiger partial charge in [-0.25, -0.2) is 0 Å². The smallest absolute Gasteiger partial charge is 0.293 e. The summed E-state index contributed by atoms with van der Waals surface area (Å²) in [5.74, 6) is 1.05. The van der Waals surface area contributed by atoms with Crippen molar-refractivity contribution in [1.29, 1.82) is 0 Å². The SMILES string of the molecule is CSCCCNc1ccc(Br)cc1[N+](=O)[O-]. The lowest BCUT2D eigenvalue weighted by atomic mass is 10.2. The van der Waals surface area contributed by atoms with Crippen LogP contribution in [0.4, 0.5) is 11.4 Å². The molecule has 0 aromatic heterocycles. The van der Waals surface area contributed by atoms with Gasteiger partial charge in [-0.15, -0.1) is 0 Å². The van der Waals surface area contributed by atoms with Gasteiger partial charge in [0.25, 0.3) is 5.69 Å². The Morgan fingerprint density at radius 3 is 2.94 bits per heavy atom. The Morgan fingerprint density at radius 2 is 2.31 bits per heavy atom. The van der Waals surface area contributed by atoms with Crippen LogP contribution in [0.1, 0.15) is 6.42 Å². The largest absolute Gasteiger partial charge is 0.379 e. The zero-order chi connectivity index (χ0) is 12.0. The van der Waals surface area contributed by atoms with Gasteiger partial charge in [0.2, 0.25) is 0 Å². The Balaban J connectivity index is 2.67. The average Bonchev–Trinajstić information content (AvgIpc) is 2.26. The van der Waals surface area contributed by atoms with Gasteiger partial charge in [-0.05, 0) is 30.6 Å². The molecular weight excluding hydrogens is 292 g/mol. The Bertz CT molecular complexity index is 374. The lowest BCUT2D eigenvalue weighted by molar-refractivity contribution is -0.384. The van der Waals surface area contributed by atoms with Gasteiger partial charge in [-0.3, -0.25) is 10.1 Å². The molecule has 0 aliphatic rings. The molecule has 0 atom stereocenters. The first-order chi connectivity index (χ1) is 7.65. The minimum atomic E-state index is -0.373.